The third-order valence-corrected chi connectivity index (χ3v) is 5.66. The Balaban J connectivity index is 1.67. The number of thioether (sulfide) groups is 1. The van der Waals surface area contributed by atoms with E-state index in [-0.39, 0.29) is 11.8 Å². The highest BCUT2D eigenvalue weighted by atomic mass is 32.2. The fraction of sp³-hybridized carbons (Fsp3) is 0.556. The van der Waals surface area contributed by atoms with E-state index >= 15 is 0 Å². The molecule has 2 heterocycles. The molecule has 0 saturated carbocycles. The first-order valence-corrected chi connectivity index (χ1v) is 10.0. The van der Waals surface area contributed by atoms with E-state index in [2.05, 4.69) is 15.5 Å². The molecule has 0 bridgehead atoms. The van der Waals surface area contributed by atoms with Crippen LogP contribution in [-0.4, -0.2) is 73.2 Å². The molecule has 0 aliphatic carbocycles. The van der Waals surface area contributed by atoms with Crippen LogP contribution >= 0.6 is 11.8 Å². The predicted octanol–water partition coefficient (Wildman–Crippen LogP) is 1.49. The van der Waals surface area contributed by atoms with Gasteiger partial charge < -0.3 is 15.5 Å². The molecule has 2 fully saturated rings. The van der Waals surface area contributed by atoms with Crippen LogP contribution in [0.25, 0.3) is 0 Å². The van der Waals surface area contributed by atoms with Gasteiger partial charge in [-0.3, -0.25) is 14.5 Å². The molecule has 1 aromatic rings. The average molecular weight is 362 g/mol. The van der Waals surface area contributed by atoms with Crippen LogP contribution in [0, 0.1) is 0 Å². The van der Waals surface area contributed by atoms with Gasteiger partial charge in [-0.05, 0) is 30.9 Å². The second-order valence-corrected chi connectivity index (χ2v) is 7.42. The Bertz CT molecular complexity index is 646. The summed E-state index contributed by atoms with van der Waals surface area (Å²) in [7, 11) is 0. The van der Waals surface area contributed by atoms with Crippen molar-refractivity contribution in [2.45, 2.75) is 24.3 Å². The Labute approximate surface area is 153 Å². The van der Waals surface area contributed by atoms with Gasteiger partial charge in [0.15, 0.2) is 0 Å². The Morgan fingerprint density at radius 1 is 1.24 bits per heavy atom. The van der Waals surface area contributed by atoms with Gasteiger partial charge in [0.2, 0.25) is 5.91 Å². The molecular formula is C18H26N4O2S. The number of carbonyl (C=O) groups excluding carboxylic acids is 2. The number of anilines is 1. The third kappa shape index (κ3) is 4.34. The van der Waals surface area contributed by atoms with Crippen LogP contribution in [0.3, 0.4) is 0 Å². The van der Waals surface area contributed by atoms with Crippen molar-refractivity contribution in [3.63, 3.8) is 0 Å². The van der Waals surface area contributed by atoms with E-state index in [0.29, 0.717) is 11.6 Å². The molecule has 7 heteroatoms. The summed E-state index contributed by atoms with van der Waals surface area (Å²) in [5, 5.41) is 6.19. The number of carbonyl (C=O) groups is 2. The van der Waals surface area contributed by atoms with E-state index in [0.717, 1.165) is 56.3 Å². The number of amides is 2. The standard InChI is InChI=1S/C18H26N4O2S/c1-13(23)20-16-4-3-14(11-17(16)25-2)18(24)22-8-5-15(12-22)21-9-6-19-7-10-21/h3-4,11,15,19H,5-10,12H2,1-2H3,(H,20,23). The zero-order valence-electron chi connectivity index (χ0n) is 14.9. The summed E-state index contributed by atoms with van der Waals surface area (Å²) < 4.78 is 0. The van der Waals surface area contributed by atoms with Gasteiger partial charge >= 0.3 is 0 Å². The van der Waals surface area contributed by atoms with Crippen molar-refractivity contribution in [2.24, 2.45) is 0 Å². The molecule has 0 aromatic heterocycles. The Morgan fingerprint density at radius 3 is 2.68 bits per heavy atom. The molecule has 2 aliphatic rings. The molecule has 136 valence electrons. The summed E-state index contributed by atoms with van der Waals surface area (Å²) in [6.45, 7) is 7.31. The smallest absolute Gasteiger partial charge is 0.253 e. The second-order valence-electron chi connectivity index (χ2n) is 6.58. The highest BCUT2D eigenvalue weighted by molar-refractivity contribution is 7.98. The van der Waals surface area contributed by atoms with Crippen molar-refractivity contribution in [1.29, 1.82) is 0 Å². The third-order valence-electron chi connectivity index (χ3n) is 4.88. The maximum atomic E-state index is 12.9. The molecule has 6 nitrogen and oxygen atoms in total. The molecule has 1 atom stereocenters. The molecule has 2 saturated heterocycles. The molecule has 25 heavy (non-hydrogen) atoms. The lowest BCUT2D eigenvalue weighted by atomic mass is 10.1. The van der Waals surface area contributed by atoms with Gasteiger partial charge in [0.05, 0.1) is 5.69 Å². The van der Waals surface area contributed by atoms with Crippen molar-refractivity contribution in [3.8, 4) is 0 Å². The fourth-order valence-electron chi connectivity index (χ4n) is 3.57. The fourth-order valence-corrected chi connectivity index (χ4v) is 4.16. The molecule has 0 radical (unpaired) electrons. The summed E-state index contributed by atoms with van der Waals surface area (Å²) in [6.07, 6.45) is 3.00. The van der Waals surface area contributed by atoms with Crippen LogP contribution in [0.4, 0.5) is 5.69 Å². The highest BCUT2D eigenvalue weighted by Crippen LogP contribution is 2.28. The van der Waals surface area contributed by atoms with E-state index in [4.69, 9.17) is 0 Å². The number of rotatable bonds is 4. The lowest BCUT2D eigenvalue weighted by Gasteiger charge is -2.32. The lowest BCUT2D eigenvalue weighted by Crippen LogP contribution is -2.49. The average Bonchev–Trinajstić information content (AvgIpc) is 3.12. The number of nitrogens with zero attached hydrogens (tertiary/aromatic N) is 2. The van der Waals surface area contributed by atoms with Crippen molar-refractivity contribution < 1.29 is 9.59 Å². The van der Waals surface area contributed by atoms with Crippen molar-refractivity contribution in [3.05, 3.63) is 23.8 Å². The van der Waals surface area contributed by atoms with Gasteiger partial charge in [0.25, 0.3) is 5.91 Å². The number of likely N-dealkylation sites (tertiary alicyclic amines) is 1. The van der Waals surface area contributed by atoms with E-state index in [1.165, 1.54) is 18.7 Å². The van der Waals surface area contributed by atoms with E-state index in [9.17, 15) is 9.59 Å². The van der Waals surface area contributed by atoms with Gasteiger partial charge in [-0.25, -0.2) is 0 Å². The quantitative estimate of drug-likeness (QED) is 0.795. The minimum absolute atomic E-state index is 0.0855. The molecule has 0 spiro atoms. The number of hydrogen-bond acceptors (Lipinski definition) is 5. The highest BCUT2D eigenvalue weighted by Gasteiger charge is 2.31. The Morgan fingerprint density at radius 2 is 2.00 bits per heavy atom. The number of hydrogen-bond donors (Lipinski definition) is 2. The Kier molecular flexibility index (Phi) is 5.98. The van der Waals surface area contributed by atoms with E-state index in [1.807, 2.05) is 29.4 Å². The first kappa shape index (κ1) is 18.2. The first-order valence-electron chi connectivity index (χ1n) is 8.78. The maximum absolute atomic E-state index is 12.9. The van der Waals surface area contributed by atoms with E-state index in [1.54, 1.807) is 0 Å². The van der Waals surface area contributed by atoms with Gasteiger partial charge in [-0.2, -0.15) is 0 Å². The van der Waals surface area contributed by atoms with Crippen molar-refractivity contribution in [1.82, 2.24) is 15.1 Å². The van der Waals surface area contributed by atoms with Gasteiger partial charge in [0.1, 0.15) is 0 Å². The summed E-state index contributed by atoms with van der Waals surface area (Å²) >= 11 is 1.53. The lowest BCUT2D eigenvalue weighted by molar-refractivity contribution is -0.114. The SMILES string of the molecule is CSc1cc(C(=O)N2CCC(N3CCNCC3)C2)ccc1NC(C)=O. The van der Waals surface area contributed by atoms with Crippen LogP contribution in [0.1, 0.15) is 23.7 Å². The van der Waals surface area contributed by atoms with Crippen molar-refractivity contribution in [2.75, 3.05) is 50.8 Å². The van der Waals surface area contributed by atoms with Crippen LogP contribution < -0.4 is 10.6 Å². The molecule has 2 amide bonds. The summed E-state index contributed by atoms with van der Waals surface area (Å²) in [5.41, 5.74) is 1.45. The minimum atomic E-state index is -0.104. The van der Waals surface area contributed by atoms with Crippen LogP contribution in [0.2, 0.25) is 0 Å². The number of nitrogens with one attached hydrogen (secondary N) is 2. The molecule has 1 unspecified atom stereocenters. The zero-order valence-corrected chi connectivity index (χ0v) is 15.7. The van der Waals surface area contributed by atoms with Crippen LogP contribution in [0.5, 0.6) is 0 Å². The molecule has 1 aromatic carbocycles. The molecular weight excluding hydrogens is 336 g/mol. The topological polar surface area (TPSA) is 64.7 Å². The van der Waals surface area contributed by atoms with Gasteiger partial charge in [-0.15, -0.1) is 11.8 Å². The normalized spacial score (nSPS) is 21.4. The maximum Gasteiger partial charge on any atom is 0.253 e. The van der Waals surface area contributed by atoms with Crippen molar-refractivity contribution >= 4 is 29.3 Å². The molecule has 3 rings (SSSR count). The Hall–Kier alpha value is -1.57. The minimum Gasteiger partial charge on any atom is -0.337 e. The molecule has 2 N–H and O–H groups in total. The first-order chi connectivity index (χ1) is 12.1. The monoisotopic (exact) mass is 362 g/mol. The largest absolute Gasteiger partial charge is 0.337 e. The van der Waals surface area contributed by atoms with Gasteiger partial charge in [-0.1, -0.05) is 0 Å². The summed E-state index contributed by atoms with van der Waals surface area (Å²) in [6, 6.07) is 6.00. The predicted molar refractivity (Wildman–Crippen MR) is 101 cm³/mol. The van der Waals surface area contributed by atoms with Crippen LogP contribution in [0.15, 0.2) is 23.1 Å². The number of piperazine rings is 1. The van der Waals surface area contributed by atoms with E-state index < -0.39 is 0 Å². The summed E-state index contributed by atoms with van der Waals surface area (Å²) in [5.74, 6) is -0.0184. The van der Waals surface area contributed by atoms with Gasteiger partial charge in [0, 0.05) is 62.7 Å². The van der Waals surface area contributed by atoms with Crippen LogP contribution in [-0.2, 0) is 4.79 Å². The zero-order chi connectivity index (χ0) is 17.8. The number of benzene rings is 1. The second kappa shape index (κ2) is 8.21. The summed E-state index contributed by atoms with van der Waals surface area (Å²) in [4.78, 5) is 29.5. The molecule has 2 aliphatic heterocycles.